The third kappa shape index (κ3) is 4.82. The Kier molecular flexibility index (Phi) is 6.36. The average molecular weight is 318 g/mol. The van der Waals surface area contributed by atoms with E-state index in [9.17, 15) is 14.5 Å². The zero-order chi connectivity index (χ0) is 16.2. The van der Waals surface area contributed by atoms with Crippen molar-refractivity contribution < 1.29 is 9.31 Å². The highest BCUT2D eigenvalue weighted by Gasteiger charge is 2.18. The number of rotatable bonds is 7. The Labute approximate surface area is 129 Å². The molecule has 1 aromatic carbocycles. The highest BCUT2D eigenvalue weighted by Crippen LogP contribution is 2.30. The molecule has 0 saturated carbocycles. The standard InChI is InChI=1S/C14H21ClFN3O2/c1-9(2)18(10(3)4)6-5-17-13-7-11(15)12(16)8-14(13)19(20)21/h7-10,17H,5-6H2,1-4H3. The molecule has 0 aliphatic rings. The van der Waals surface area contributed by atoms with Gasteiger partial charge < -0.3 is 5.32 Å². The van der Waals surface area contributed by atoms with E-state index >= 15 is 0 Å². The summed E-state index contributed by atoms with van der Waals surface area (Å²) >= 11 is 5.68. The minimum atomic E-state index is -0.792. The van der Waals surface area contributed by atoms with Crippen LogP contribution in [-0.2, 0) is 0 Å². The molecule has 0 aliphatic carbocycles. The van der Waals surface area contributed by atoms with Crippen LogP contribution >= 0.6 is 11.6 Å². The first kappa shape index (κ1) is 17.7. The van der Waals surface area contributed by atoms with Gasteiger partial charge in [-0.1, -0.05) is 11.6 Å². The topological polar surface area (TPSA) is 58.4 Å². The molecule has 1 rings (SSSR count). The summed E-state index contributed by atoms with van der Waals surface area (Å²) in [7, 11) is 0. The van der Waals surface area contributed by atoms with Crippen molar-refractivity contribution in [2.24, 2.45) is 0 Å². The van der Waals surface area contributed by atoms with Crippen LogP contribution in [0.3, 0.4) is 0 Å². The van der Waals surface area contributed by atoms with E-state index in [-0.39, 0.29) is 16.4 Å². The minimum absolute atomic E-state index is 0.132. The number of halogens is 2. The van der Waals surface area contributed by atoms with E-state index < -0.39 is 10.7 Å². The fourth-order valence-electron chi connectivity index (χ4n) is 2.26. The Morgan fingerprint density at radius 2 is 1.90 bits per heavy atom. The normalized spacial score (nSPS) is 11.5. The maximum absolute atomic E-state index is 13.3. The lowest BCUT2D eigenvalue weighted by Gasteiger charge is -2.30. The first-order valence-corrected chi connectivity index (χ1v) is 7.24. The Balaban J connectivity index is 2.79. The number of hydrogen-bond donors (Lipinski definition) is 1. The fourth-order valence-corrected chi connectivity index (χ4v) is 2.42. The van der Waals surface area contributed by atoms with Gasteiger partial charge in [0.15, 0.2) is 0 Å². The molecule has 0 radical (unpaired) electrons. The van der Waals surface area contributed by atoms with E-state index in [4.69, 9.17) is 11.6 Å². The number of nitro benzene ring substituents is 1. The molecule has 21 heavy (non-hydrogen) atoms. The van der Waals surface area contributed by atoms with E-state index in [2.05, 4.69) is 37.9 Å². The third-order valence-corrected chi connectivity index (χ3v) is 3.54. The quantitative estimate of drug-likeness (QED) is 0.611. The maximum atomic E-state index is 13.3. The molecule has 7 heteroatoms. The second-order valence-corrected chi connectivity index (χ2v) is 5.80. The highest BCUT2D eigenvalue weighted by atomic mass is 35.5. The highest BCUT2D eigenvalue weighted by molar-refractivity contribution is 6.31. The zero-order valence-corrected chi connectivity index (χ0v) is 13.4. The van der Waals surface area contributed by atoms with Crippen LogP contribution in [-0.4, -0.2) is 35.0 Å². The molecule has 1 N–H and O–H groups in total. The first-order valence-electron chi connectivity index (χ1n) is 6.87. The molecule has 0 fully saturated rings. The Hall–Kier alpha value is -1.40. The lowest BCUT2D eigenvalue weighted by atomic mass is 10.2. The number of nitro groups is 1. The SMILES string of the molecule is CC(C)N(CCNc1cc(Cl)c(F)cc1[N+](=O)[O-])C(C)C. The molecule has 0 amide bonds. The molecule has 5 nitrogen and oxygen atoms in total. The summed E-state index contributed by atoms with van der Waals surface area (Å²) < 4.78 is 13.3. The summed E-state index contributed by atoms with van der Waals surface area (Å²) in [5, 5.41) is 13.8. The van der Waals surface area contributed by atoms with Crippen LogP contribution in [0.25, 0.3) is 0 Å². The van der Waals surface area contributed by atoms with Gasteiger partial charge >= 0.3 is 0 Å². The van der Waals surface area contributed by atoms with E-state index in [1.165, 1.54) is 6.07 Å². The van der Waals surface area contributed by atoms with E-state index in [1.54, 1.807) is 0 Å². The van der Waals surface area contributed by atoms with Crippen LogP contribution in [0.4, 0.5) is 15.8 Å². The first-order chi connectivity index (χ1) is 9.73. The number of hydrogen-bond acceptors (Lipinski definition) is 4. The molecule has 1 aromatic rings. The summed E-state index contributed by atoms with van der Waals surface area (Å²) in [4.78, 5) is 12.6. The van der Waals surface area contributed by atoms with Crippen molar-refractivity contribution in [1.29, 1.82) is 0 Å². The molecule has 0 aromatic heterocycles. The third-order valence-electron chi connectivity index (χ3n) is 3.25. The summed E-state index contributed by atoms with van der Waals surface area (Å²) in [5.74, 6) is -0.792. The van der Waals surface area contributed by atoms with Crippen molar-refractivity contribution in [2.75, 3.05) is 18.4 Å². The van der Waals surface area contributed by atoms with Gasteiger partial charge in [0.05, 0.1) is 16.0 Å². The summed E-state index contributed by atoms with van der Waals surface area (Å²) in [6.45, 7) is 9.61. The lowest BCUT2D eigenvalue weighted by molar-refractivity contribution is -0.384. The van der Waals surface area contributed by atoms with Gasteiger partial charge in [0.1, 0.15) is 11.5 Å². The van der Waals surface area contributed by atoms with E-state index in [0.717, 1.165) is 12.6 Å². The molecule has 0 heterocycles. The number of anilines is 1. The van der Waals surface area contributed by atoms with E-state index in [1.807, 2.05) is 0 Å². The van der Waals surface area contributed by atoms with Crippen LogP contribution in [0, 0.1) is 15.9 Å². The van der Waals surface area contributed by atoms with Crippen LogP contribution in [0.15, 0.2) is 12.1 Å². The smallest absolute Gasteiger partial charge is 0.295 e. The van der Waals surface area contributed by atoms with Gasteiger partial charge in [0.2, 0.25) is 0 Å². The van der Waals surface area contributed by atoms with Crippen LogP contribution in [0.2, 0.25) is 5.02 Å². The van der Waals surface area contributed by atoms with Crippen molar-refractivity contribution in [3.8, 4) is 0 Å². The minimum Gasteiger partial charge on any atom is -0.378 e. The largest absolute Gasteiger partial charge is 0.378 e. The van der Waals surface area contributed by atoms with Crippen molar-refractivity contribution in [2.45, 2.75) is 39.8 Å². The van der Waals surface area contributed by atoms with Gasteiger partial charge in [-0.05, 0) is 33.8 Å². The number of nitrogens with one attached hydrogen (secondary N) is 1. The molecule has 118 valence electrons. The summed E-state index contributed by atoms with van der Waals surface area (Å²) in [6, 6.07) is 2.84. The predicted molar refractivity (Wildman–Crippen MR) is 83.5 cm³/mol. The van der Waals surface area contributed by atoms with Crippen LogP contribution < -0.4 is 5.32 Å². The van der Waals surface area contributed by atoms with Crippen LogP contribution in [0.5, 0.6) is 0 Å². The van der Waals surface area contributed by atoms with Gasteiger partial charge in [-0.15, -0.1) is 0 Å². The van der Waals surface area contributed by atoms with Crippen LogP contribution in [0.1, 0.15) is 27.7 Å². The Morgan fingerprint density at radius 3 is 2.38 bits per heavy atom. The monoisotopic (exact) mass is 317 g/mol. The maximum Gasteiger partial charge on any atom is 0.295 e. The second-order valence-electron chi connectivity index (χ2n) is 5.39. The molecule has 0 saturated heterocycles. The van der Waals surface area contributed by atoms with Gasteiger partial charge in [-0.3, -0.25) is 15.0 Å². The van der Waals surface area contributed by atoms with Gasteiger partial charge in [-0.25, -0.2) is 4.39 Å². The summed E-state index contributed by atoms with van der Waals surface area (Å²) in [6.07, 6.45) is 0. The lowest BCUT2D eigenvalue weighted by Crippen LogP contribution is -2.40. The zero-order valence-electron chi connectivity index (χ0n) is 12.7. The van der Waals surface area contributed by atoms with Crippen molar-refractivity contribution >= 4 is 23.0 Å². The van der Waals surface area contributed by atoms with Crippen molar-refractivity contribution in [3.05, 3.63) is 33.1 Å². The Bertz CT molecular complexity index is 501. The van der Waals surface area contributed by atoms with Crippen molar-refractivity contribution in [1.82, 2.24) is 4.90 Å². The molecule has 0 atom stereocenters. The molecular formula is C14H21ClFN3O2. The number of nitrogens with zero attached hydrogens (tertiary/aromatic N) is 2. The van der Waals surface area contributed by atoms with Gasteiger partial charge in [0, 0.05) is 25.2 Å². The average Bonchev–Trinajstić information content (AvgIpc) is 2.36. The molecule has 0 aliphatic heterocycles. The van der Waals surface area contributed by atoms with E-state index in [0.29, 0.717) is 18.6 Å². The van der Waals surface area contributed by atoms with Gasteiger partial charge in [-0.2, -0.15) is 0 Å². The summed E-state index contributed by atoms with van der Waals surface area (Å²) in [5.41, 5.74) is -0.0728. The molecule has 0 bridgehead atoms. The fraction of sp³-hybridized carbons (Fsp3) is 0.571. The number of benzene rings is 1. The Morgan fingerprint density at radius 1 is 1.33 bits per heavy atom. The molecular weight excluding hydrogens is 297 g/mol. The second kappa shape index (κ2) is 7.56. The van der Waals surface area contributed by atoms with Crippen molar-refractivity contribution in [3.63, 3.8) is 0 Å². The van der Waals surface area contributed by atoms with Gasteiger partial charge in [0.25, 0.3) is 5.69 Å². The predicted octanol–water partition coefficient (Wildman–Crippen LogP) is 3.92. The molecule has 0 unspecified atom stereocenters. The molecule has 0 spiro atoms.